The summed E-state index contributed by atoms with van der Waals surface area (Å²) < 4.78 is 13.9. The van der Waals surface area contributed by atoms with Crippen molar-refractivity contribution in [3.05, 3.63) is 23.2 Å². The molecule has 1 aliphatic rings. The molecule has 0 bridgehead atoms. The lowest BCUT2D eigenvalue weighted by Gasteiger charge is -2.27. The predicted octanol–water partition coefficient (Wildman–Crippen LogP) is 1.69. The van der Waals surface area contributed by atoms with Gasteiger partial charge in [-0.05, 0) is 12.1 Å². The molecule has 0 aromatic heterocycles. The number of carbonyl (C=O) groups excluding carboxylic acids is 2. The van der Waals surface area contributed by atoms with E-state index in [1.807, 2.05) is 0 Å². The number of ether oxygens (including phenoxy) is 1. The Morgan fingerprint density at radius 2 is 2.24 bits per heavy atom. The Kier molecular flexibility index (Phi) is 5.29. The van der Waals surface area contributed by atoms with Crippen molar-refractivity contribution in [1.29, 1.82) is 0 Å². The first-order valence-electron chi connectivity index (χ1n) is 6.03. The van der Waals surface area contributed by atoms with E-state index in [0.717, 1.165) is 0 Å². The minimum atomic E-state index is -1.05. The van der Waals surface area contributed by atoms with E-state index in [-0.39, 0.29) is 42.5 Å². The van der Waals surface area contributed by atoms with Crippen LogP contribution < -0.4 is 15.0 Å². The SMILES string of the molecule is O=C1CCN(c2ccc(OCC(O)SO)cc2Cl)C(=O)N1. The first-order valence-corrected chi connectivity index (χ1v) is 7.24. The molecule has 1 aromatic carbocycles. The summed E-state index contributed by atoms with van der Waals surface area (Å²) in [6.07, 6.45) is 0.209. The molecular formula is C12H13ClN2O5S. The molecule has 1 unspecified atom stereocenters. The number of aliphatic hydroxyl groups is 1. The fourth-order valence-corrected chi connectivity index (χ4v) is 2.19. The Labute approximate surface area is 130 Å². The molecule has 0 radical (unpaired) electrons. The van der Waals surface area contributed by atoms with E-state index in [1.165, 1.54) is 11.0 Å². The van der Waals surface area contributed by atoms with Gasteiger partial charge in [0.25, 0.3) is 0 Å². The Bertz CT molecular complexity index is 556. The zero-order valence-corrected chi connectivity index (χ0v) is 12.4. The van der Waals surface area contributed by atoms with Crippen molar-refractivity contribution in [2.24, 2.45) is 0 Å². The second-order valence-electron chi connectivity index (χ2n) is 4.24. The Balaban J connectivity index is 2.08. The third kappa shape index (κ3) is 4.01. The van der Waals surface area contributed by atoms with Crippen LogP contribution in [0.2, 0.25) is 5.02 Å². The minimum absolute atomic E-state index is 0.102. The summed E-state index contributed by atoms with van der Waals surface area (Å²) in [5.41, 5.74) is -0.589. The number of nitrogens with one attached hydrogen (secondary N) is 1. The molecule has 1 fully saturated rings. The molecular weight excluding hydrogens is 320 g/mol. The highest BCUT2D eigenvalue weighted by atomic mass is 35.5. The number of hydrogen-bond acceptors (Lipinski definition) is 6. The summed E-state index contributed by atoms with van der Waals surface area (Å²) in [4.78, 5) is 24.2. The van der Waals surface area contributed by atoms with Crippen molar-refractivity contribution < 1.29 is 24.0 Å². The molecule has 21 heavy (non-hydrogen) atoms. The van der Waals surface area contributed by atoms with Gasteiger partial charge < -0.3 is 14.4 Å². The number of halogens is 1. The van der Waals surface area contributed by atoms with E-state index in [1.54, 1.807) is 12.1 Å². The molecule has 7 nitrogen and oxygen atoms in total. The van der Waals surface area contributed by atoms with Crippen LogP contribution in [0.4, 0.5) is 10.5 Å². The minimum Gasteiger partial charge on any atom is -0.490 e. The molecule has 3 amide bonds. The fourth-order valence-electron chi connectivity index (χ4n) is 1.79. The summed E-state index contributed by atoms with van der Waals surface area (Å²) in [6, 6.07) is 4.15. The normalized spacial score (nSPS) is 16.6. The van der Waals surface area contributed by atoms with Gasteiger partial charge in [-0.15, -0.1) is 0 Å². The van der Waals surface area contributed by atoms with Crippen LogP contribution in [0, 0.1) is 0 Å². The van der Waals surface area contributed by atoms with Gasteiger partial charge in [-0.25, -0.2) is 4.79 Å². The number of imide groups is 1. The highest BCUT2D eigenvalue weighted by molar-refractivity contribution is 7.94. The van der Waals surface area contributed by atoms with Crippen LogP contribution in [-0.4, -0.2) is 40.2 Å². The highest BCUT2D eigenvalue weighted by Crippen LogP contribution is 2.31. The molecule has 114 valence electrons. The molecule has 0 spiro atoms. The van der Waals surface area contributed by atoms with Crippen LogP contribution in [-0.2, 0) is 4.79 Å². The van der Waals surface area contributed by atoms with Crippen molar-refractivity contribution in [3.63, 3.8) is 0 Å². The molecule has 1 heterocycles. The lowest BCUT2D eigenvalue weighted by molar-refractivity contribution is -0.120. The predicted molar refractivity (Wildman–Crippen MR) is 78.7 cm³/mol. The van der Waals surface area contributed by atoms with Gasteiger partial charge in [0.05, 0.1) is 10.7 Å². The number of amides is 3. The summed E-state index contributed by atoms with van der Waals surface area (Å²) in [5.74, 6) is 0.0770. The number of rotatable bonds is 5. The number of hydrogen-bond donors (Lipinski definition) is 3. The molecule has 1 aromatic rings. The first-order chi connectivity index (χ1) is 10.0. The van der Waals surface area contributed by atoms with Gasteiger partial charge in [0.1, 0.15) is 12.4 Å². The Morgan fingerprint density at radius 1 is 1.48 bits per heavy atom. The smallest absolute Gasteiger partial charge is 0.328 e. The van der Waals surface area contributed by atoms with Crippen LogP contribution >= 0.6 is 23.6 Å². The topological polar surface area (TPSA) is 99.1 Å². The van der Waals surface area contributed by atoms with Gasteiger partial charge in [-0.2, -0.15) is 0 Å². The van der Waals surface area contributed by atoms with E-state index in [0.29, 0.717) is 11.4 Å². The van der Waals surface area contributed by atoms with Gasteiger partial charge in [-0.1, -0.05) is 11.6 Å². The van der Waals surface area contributed by atoms with Crippen molar-refractivity contribution >= 4 is 41.3 Å². The quantitative estimate of drug-likeness (QED) is 0.560. The van der Waals surface area contributed by atoms with E-state index >= 15 is 0 Å². The maximum absolute atomic E-state index is 11.7. The van der Waals surface area contributed by atoms with Gasteiger partial charge in [0, 0.05) is 31.1 Å². The molecule has 1 atom stereocenters. The van der Waals surface area contributed by atoms with E-state index in [4.69, 9.17) is 26.0 Å². The van der Waals surface area contributed by atoms with E-state index in [9.17, 15) is 9.59 Å². The lowest BCUT2D eigenvalue weighted by atomic mass is 10.2. The van der Waals surface area contributed by atoms with Crippen molar-refractivity contribution in [3.8, 4) is 5.75 Å². The average Bonchev–Trinajstić information content (AvgIpc) is 2.45. The number of carbonyl (C=O) groups is 2. The number of nitrogens with zero attached hydrogens (tertiary/aromatic N) is 1. The maximum atomic E-state index is 11.7. The lowest BCUT2D eigenvalue weighted by Crippen LogP contribution is -2.49. The largest absolute Gasteiger partial charge is 0.490 e. The van der Waals surface area contributed by atoms with Gasteiger partial charge in [0.2, 0.25) is 5.91 Å². The second-order valence-corrected chi connectivity index (χ2v) is 5.40. The van der Waals surface area contributed by atoms with Crippen molar-refractivity contribution in [2.45, 2.75) is 11.9 Å². The number of benzene rings is 1. The number of anilines is 1. The zero-order valence-electron chi connectivity index (χ0n) is 10.8. The molecule has 9 heteroatoms. The van der Waals surface area contributed by atoms with Crippen LogP contribution in [0.5, 0.6) is 5.75 Å². The third-order valence-electron chi connectivity index (χ3n) is 2.78. The maximum Gasteiger partial charge on any atom is 0.328 e. The molecule has 3 N–H and O–H groups in total. The monoisotopic (exact) mass is 332 g/mol. The van der Waals surface area contributed by atoms with Gasteiger partial charge in [-0.3, -0.25) is 15.0 Å². The third-order valence-corrected chi connectivity index (χ3v) is 3.46. The van der Waals surface area contributed by atoms with Crippen molar-refractivity contribution in [1.82, 2.24) is 5.32 Å². The van der Waals surface area contributed by atoms with Gasteiger partial charge in [0.15, 0.2) is 5.44 Å². The molecule has 0 saturated carbocycles. The molecule has 1 saturated heterocycles. The van der Waals surface area contributed by atoms with Crippen molar-refractivity contribution in [2.75, 3.05) is 18.1 Å². The van der Waals surface area contributed by atoms with Crippen LogP contribution in [0.15, 0.2) is 18.2 Å². The average molecular weight is 333 g/mol. The zero-order chi connectivity index (χ0) is 15.4. The first kappa shape index (κ1) is 15.9. The standard InChI is InChI=1S/C12H13ClN2O5S/c13-8-5-7(20-6-11(17)21-19)1-2-9(8)15-4-3-10(16)14-12(15)18/h1-2,5,11,17,19H,3-4,6H2,(H,14,16,18). The second kappa shape index (κ2) is 6.99. The van der Waals surface area contributed by atoms with Crippen LogP contribution in [0.1, 0.15) is 6.42 Å². The summed E-state index contributed by atoms with van der Waals surface area (Å²) in [7, 11) is 0. The summed E-state index contributed by atoms with van der Waals surface area (Å²) in [6.45, 7) is 0.153. The summed E-state index contributed by atoms with van der Waals surface area (Å²) in [5, 5.41) is 11.7. The Morgan fingerprint density at radius 3 is 2.86 bits per heavy atom. The van der Waals surface area contributed by atoms with E-state index in [2.05, 4.69) is 5.32 Å². The number of aliphatic hydroxyl groups excluding tert-OH is 1. The molecule has 1 aliphatic heterocycles. The fraction of sp³-hybridized carbons (Fsp3) is 0.333. The Hall–Kier alpha value is -1.48. The van der Waals surface area contributed by atoms with E-state index < -0.39 is 11.5 Å². The highest BCUT2D eigenvalue weighted by Gasteiger charge is 2.25. The van der Waals surface area contributed by atoms with Crippen LogP contribution in [0.25, 0.3) is 0 Å². The number of urea groups is 1. The molecule has 2 rings (SSSR count). The summed E-state index contributed by atoms with van der Waals surface area (Å²) >= 11 is 6.39. The van der Waals surface area contributed by atoms with Crippen LogP contribution in [0.3, 0.4) is 0 Å². The molecule has 0 aliphatic carbocycles. The van der Waals surface area contributed by atoms with Gasteiger partial charge >= 0.3 is 6.03 Å².